The van der Waals surface area contributed by atoms with Gasteiger partial charge in [0.15, 0.2) is 0 Å². The number of nitrogens with one attached hydrogen (secondary N) is 1. The Balaban J connectivity index is 1.68. The van der Waals surface area contributed by atoms with E-state index in [1.165, 1.54) is 5.56 Å². The summed E-state index contributed by atoms with van der Waals surface area (Å²) in [5.74, 6) is 0.633. The average molecular weight is 300 g/mol. The van der Waals surface area contributed by atoms with Gasteiger partial charge in [0.1, 0.15) is 12.1 Å². The highest BCUT2D eigenvalue weighted by atomic mass is 16.5. The van der Waals surface area contributed by atoms with Crippen molar-refractivity contribution < 1.29 is 4.74 Å². The van der Waals surface area contributed by atoms with Gasteiger partial charge in [0.2, 0.25) is 5.88 Å². The first-order valence-corrected chi connectivity index (χ1v) is 7.60. The number of aromatic amines is 1. The molecule has 0 bridgehead atoms. The van der Waals surface area contributed by atoms with Gasteiger partial charge >= 0.3 is 0 Å². The molecule has 0 unspecified atom stereocenters. The zero-order valence-corrected chi connectivity index (χ0v) is 12.6. The van der Waals surface area contributed by atoms with Crippen molar-refractivity contribution in [1.29, 1.82) is 0 Å². The average Bonchev–Trinajstić information content (AvgIpc) is 3.06. The minimum atomic E-state index is 0.507. The number of rotatable bonds is 4. The van der Waals surface area contributed by atoms with Crippen LogP contribution in [0.3, 0.4) is 0 Å². The van der Waals surface area contributed by atoms with Crippen LogP contribution in [-0.2, 0) is 6.61 Å². The van der Waals surface area contributed by atoms with Crippen LogP contribution in [-0.4, -0.2) is 9.97 Å². The van der Waals surface area contributed by atoms with E-state index in [9.17, 15) is 0 Å². The summed E-state index contributed by atoms with van der Waals surface area (Å²) in [4.78, 5) is 7.68. The molecule has 0 saturated carbocycles. The van der Waals surface area contributed by atoms with E-state index in [1.807, 2.05) is 60.8 Å². The van der Waals surface area contributed by atoms with Gasteiger partial charge in [0.25, 0.3) is 0 Å². The molecule has 23 heavy (non-hydrogen) atoms. The van der Waals surface area contributed by atoms with Crippen LogP contribution in [0.25, 0.3) is 22.0 Å². The molecule has 4 aromatic rings. The van der Waals surface area contributed by atoms with Crippen molar-refractivity contribution in [2.45, 2.75) is 6.61 Å². The van der Waals surface area contributed by atoms with Crippen molar-refractivity contribution >= 4 is 10.9 Å². The summed E-state index contributed by atoms with van der Waals surface area (Å²) in [5.41, 5.74) is 4.40. The van der Waals surface area contributed by atoms with Crippen LogP contribution in [0.4, 0.5) is 0 Å². The Kier molecular flexibility index (Phi) is 3.53. The van der Waals surface area contributed by atoms with Crippen LogP contribution in [0, 0.1) is 0 Å². The Hall–Kier alpha value is -3.07. The number of aromatic nitrogens is 2. The second-order valence-corrected chi connectivity index (χ2v) is 5.38. The molecule has 0 aliphatic heterocycles. The Morgan fingerprint density at radius 1 is 0.870 bits per heavy atom. The number of benzene rings is 2. The van der Waals surface area contributed by atoms with Crippen LogP contribution in [0.5, 0.6) is 5.88 Å². The molecule has 0 radical (unpaired) electrons. The van der Waals surface area contributed by atoms with Gasteiger partial charge in [0.05, 0.1) is 0 Å². The molecule has 112 valence electrons. The number of H-pyrrole nitrogens is 1. The summed E-state index contributed by atoms with van der Waals surface area (Å²) in [6, 6.07) is 22.4. The molecule has 0 saturated heterocycles. The number of pyridine rings is 1. The van der Waals surface area contributed by atoms with Crippen molar-refractivity contribution in [2.75, 3.05) is 0 Å². The fourth-order valence-corrected chi connectivity index (χ4v) is 2.72. The van der Waals surface area contributed by atoms with Gasteiger partial charge < -0.3 is 9.72 Å². The van der Waals surface area contributed by atoms with E-state index >= 15 is 0 Å². The predicted octanol–water partition coefficient (Wildman–Crippen LogP) is 4.81. The highest BCUT2D eigenvalue weighted by Gasteiger charge is 2.11. The molecule has 0 atom stereocenters. The third-order valence-corrected chi connectivity index (χ3v) is 3.87. The molecular weight excluding hydrogens is 284 g/mol. The summed E-state index contributed by atoms with van der Waals surface area (Å²) in [5, 5.41) is 1.12. The maximum absolute atomic E-state index is 5.91. The molecule has 2 aromatic carbocycles. The monoisotopic (exact) mass is 300 g/mol. The molecule has 2 heterocycles. The Morgan fingerprint density at radius 2 is 1.61 bits per heavy atom. The van der Waals surface area contributed by atoms with Crippen molar-refractivity contribution in [1.82, 2.24) is 9.97 Å². The molecule has 0 fully saturated rings. The molecule has 0 spiro atoms. The normalized spacial score (nSPS) is 10.8. The molecule has 3 heteroatoms. The lowest BCUT2D eigenvalue weighted by Gasteiger charge is -2.06. The molecule has 0 aliphatic carbocycles. The van der Waals surface area contributed by atoms with E-state index in [0.29, 0.717) is 12.5 Å². The molecule has 0 aliphatic rings. The fourth-order valence-electron chi connectivity index (χ4n) is 2.72. The van der Waals surface area contributed by atoms with Crippen LogP contribution >= 0.6 is 0 Å². The van der Waals surface area contributed by atoms with E-state index in [4.69, 9.17) is 4.74 Å². The van der Waals surface area contributed by atoms with E-state index in [1.54, 1.807) is 6.20 Å². The second kappa shape index (κ2) is 5.97. The van der Waals surface area contributed by atoms with Crippen LogP contribution in [0.15, 0.2) is 79.1 Å². The summed E-state index contributed by atoms with van der Waals surface area (Å²) in [6.45, 7) is 0.507. The summed E-state index contributed by atoms with van der Waals surface area (Å²) in [7, 11) is 0. The van der Waals surface area contributed by atoms with E-state index in [-0.39, 0.29) is 0 Å². The number of nitrogens with zero attached hydrogens (tertiary/aromatic N) is 1. The minimum Gasteiger partial charge on any atom is -0.471 e. The van der Waals surface area contributed by atoms with Crippen molar-refractivity contribution in [3.63, 3.8) is 0 Å². The molecule has 4 rings (SSSR count). The highest BCUT2D eigenvalue weighted by Crippen LogP contribution is 2.32. The largest absolute Gasteiger partial charge is 0.471 e. The lowest BCUT2D eigenvalue weighted by Crippen LogP contribution is -1.97. The summed E-state index contributed by atoms with van der Waals surface area (Å²) in [6.07, 6.45) is 3.81. The van der Waals surface area contributed by atoms with Gasteiger partial charge in [-0.05, 0) is 17.2 Å². The number of fused-ring (bicyclic) bond motifs is 1. The van der Waals surface area contributed by atoms with Crippen LogP contribution in [0.2, 0.25) is 0 Å². The van der Waals surface area contributed by atoms with Crippen molar-refractivity contribution in [2.24, 2.45) is 0 Å². The topological polar surface area (TPSA) is 37.9 Å². The third kappa shape index (κ3) is 2.69. The van der Waals surface area contributed by atoms with E-state index in [2.05, 4.69) is 22.1 Å². The van der Waals surface area contributed by atoms with E-state index < -0.39 is 0 Å². The number of ether oxygens (including phenoxy) is 1. The maximum atomic E-state index is 5.91. The first kappa shape index (κ1) is 13.6. The number of hydrogen-bond donors (Lipinski definition) is 1. The summed E-state index contributed by atoms with van der Waals surface area (Å²) >= 11 is 0. The quantitative estimate of drug-likeness (QED) is 0.587. The highest BCUT2D eigenvalue weighted by molar-refractivity contribution is 5.97. The minimum absolute atomic E-state index is 0.507. The number of hydrogen-bond acceptors (Lipinski definition) is 2. The predicted molar refractivity (Wildman–Crippen MR) is 92.3 cm³/mol. The smallest absolute Gasteiger partial charge is 0.238 e. The zero-order chi connectivity index (χ0) is 15.5. The SMILES string of the molecule is c1ccc(COc2nccc3c(-c4ccccc4)c[nH]c23)cc1. The lowest BCUT2D eigenvalue weighted by atomic mass is 10.1. The Bertz CT molecular complexity index is 914. The molecule has 1 N–H and O–H groups in total. The van der Waals surface area contributed by atoms with Gasteiger partial charge in [-0.15, -0.1) is 0 Å². The Labute approximate surface area is 134 Å². The fraction of sp³-hybridized carbons (Fsp3) is 0.0500. The lowest BCUT2D eigenvalue weighted by molar-refractivity contribution is 0.297. The van der Waals surface area contributed by atoms with Gasteiger partial charge in [-0.2, -0.15) is 0 Å². The van der Waals surface area contributed by atoms with Crippen molar-refractivity contribution in [3.05, 3.63) is 84.7 Å². The zero-order valence-electron chi connectivity index (χ0n) is 12.6. The molecule has 2 aromatic heterocycles. The van der Waals surface area contributed by atoms with Gasteiger partial charge in [0, 0.05) is 23.3 Å². The second-order valence-electron chi connectivity index (χ2n) is 5.38. The van der Waals surface area contributed by atoms with Gasteiger partial charge in [-0.25, -0.2) is 4.98 Å². The maximum Gasteiger partial charge on any atom is 0.238 e. The van der Waals surface area contributed by atoms with E-state index in [0.717, 1.165) is 22.0 Å². The molecule has 0 amide bonds. The van der Waals surface area contributed by atoms with Crippen molar-refractivity contribution in [3.8, 4) is 17.0 Å². The Morgan fingerprint density at radius 3 is 2.39 bits per heavy atom. The molecular formula is C20H16N2O. The summed E-state index contributed by atoms with van der Waals surface area (Å²) < 4.78 is 5.91. The first-order valence-electron chi connectivity index (χ1n) is 7.60. The van der Waals surface area contributed by atoms with Crippen LogP contribution < -0.4 is 4.74 Å². The standard InChI is InChI=1S/C20H16N2O/c1-3-7-15(8-4-1)14-23-20-19-17(11-12-21-20)18(13-22-19)16-9-5-2-6-10-16/h1-13,22H,14H2. The molecule has 3 nitrogen and oxygen atoms in total. The third-order valence-electron chi connectivity index (χ3n) is 3.87. The van der Waals surface area contributed by atoms with Gasteiger partial charge in [-0.1, -0.05) is 60.7 Å². The van der Waals surface area contributed by atoms with Crippen LogP contribution in [0.1, 0.15) is 5.56 Å². The first-order chi connectivity index (χ1) is 11.4. The van der Waals surface area contributed by atoms with Gasteiger partial charge in [-0.3, -0.25) is 0 Å².